The molecule has 0 bridgehead atoms. The zero-order valence-corrected chi connectivity index (χ0v) is 12.9. The second-order valence-electron chi connectivity index (χ2n) is 6.97. The Hall–Kier alpha value is -0.840. The molecule has 1 amide bonds. The van der Waals surface area contributed by atoms with E-state index in [0.29, 0.717) is 6.54 Å². The second-order valence-corrected chi connectivity index (χ2v) is 6.97. The number of alkyl halides is 1. The van der Waals surface area contributed by atoms with Crippen LogP contribution in [0.2, 0.25) is 0 Å². The molecule has 1 aliphatic rings. The lowest BCUT2D eigenvalue weighted by molar-refractivity contribution is 0.0225. The minimum atomic E-state index is -0.553. The molecule has 2 atom stereocenters. The van der Waals surface area contributed by atoms with Gasteiger partial charge in [-0.05, 0) is 48.0 Å². The van der Waals surface area contributed by atoms with Crippen LogP contribution in [0.4, 0.5) is 9.18 Å². The topological polar surface area (TPSA) is 41.6 Å². The standard InChI is InChI=1S/C14H27FN2O2/c1-10-11(16-14(5,6)9-15)7-8-17(10)12(18)19-13(2,3)4/h10-11,16H,7-9H2,1-6H3/t10-,11-/m0/s1. The fourth-order valence-electron chi connectivity index (χ4n) is 2.25. The first kappa shape index (κ1) is 16.2. The number of hydrogen-bond donors (Lipinski definition) is 1. The molecule has 0 radical (unpaired) electrons. The van der Waals surface area contributed by atoms with Crippen LogP contribution >= 0.6 is 0 Å². The Bertz CT molecular complexity index is 326. The molecule has 4 nitrogen and oxygen atoms in total. The summed E-state index contributed by atoms with van der Waals surface area (Å²) in [6.07, 6.45) is 0.534. The van der Waals surface area contributed by atoms with E-state index in [2.05, 4.69) is 5.32 Å². The van der Waals surface area contributed by atoms with Gasteiger partial charge >= 0.3 is 6.09 Å². The number of rotatable bonds is 3. The van der Waals surface area contributed by atoms with Crippen molar-refractivity contribution in [1.29, 1.82) is 0 Å². The Kier molecular flexibility index (Phi) is 4.82. The van der Waals surface area contributed by atoms with E-state index in [1.807, 2.05) is 41.5 Å². The van der Waals surface area contributed by atoms with Gasteiger partial charge in [0.2, 0.25) is 0 Å². The highest BCUT2D eigenvalue weighted by Gasteiger charge is 2.38. The van der Waals surface area contributed by atoms with Gasteiger partial charge in [0.15, 0.2) is 0 Å². The van der Waals surface area contributed by atoms with Gasteiger partial charge in [-0.25, -0.2) is 9.18 Å². The van der Waals surface area contributed by atoms with Crippen molar-refractivity contribution in [2.45, 2.75) is 71.2 Å². The minimum absolute atomic E-state index is 0.0145. The van der Waals surface area contributed by atoms with Gasteiger partial charge in [0.25, 0.3) is 0 Å². The quantitative estimate of drug-likeness (QED) is 0.860. The first-order valence-corrected chi connectivity index (χ1v) is 6.89. The molecule has 0 aliphatic carbocycles. The van der Waals surface area contributed by atoms with Crippen LogP contribution in [-0.4, -0.2) is 47.4 Å². The number of nitrogens with zero attached hydrogens (tertiary/aromatic N) is 1. The zero-order valence-electron chi connectivity index (χ0n) is 12.9. The van der Waals surface area contributed by atoms with Crippen molar-refractivity contribution in [2.75, 3.05) is 13.2 Å². The Morgan fingerprint density at radius 1 is 1.37 bits per heavy atom. The molecule has 0 aromatic rings. The van der Waals surface area contributed by atoms with Crippen molar-refractivity contribution >= 4 is 6.09 Å². The van der Waals surface area contributed by atoms with E-state index in [1.54, 1.807) is 4.90 Å². The number of carbonyl (C=O) groups excluding carboxylic acids is 1. The van der Waals surface area contributed by atoms with Crippen LogP contribution in [0.5, 0.6) is 0 Å². The molecule has 1 saturated heterocycles. The third-order valence-corrected chi connectivity index (χ3v) is 3.29. The Morgan fingerprint density at radius 2 is 1.95 bits per heavy atom. The van der Waals surface area contributed by atoms with Crippen LogP contribution in [0.15, 0.2) is 0 Å². The number of amides is 1. The lowest BCUT2D eigenvalue weighted by atomic mass is 10.0. The molecule has 5 heteroatoms. The second kappa shape index (κ2) is 5.65. The number of nitrogens with one attached hydrogen (secondary N) is 1. The number of halogens is 1. The van der Waals surface area contributed by atoms with Gasteiger partial charge in [-0.15, -0.1) is 0 Å². The molecule has 0 aromatic carbocycles. The predicted octanol–water partition coefficient (Wildman–Crippen LogP) is 2.72. The summed E-state index contributed by atoms with van der Waals surface area (Å²) < 4.78 is 18.2. The van der Waals surface area contributed by atoms with Crippen LogP contribution in [0.1, 0.15) is 48.0 Å². The largest absolute Gasteiger partial charge is 0.444 e. The van der Waals surface area contributed by atoms with Gasteiger partial charge in [0.05, 0.1) is 0 Å². The van der Waals surface area contributed by atoms with E-state index in [4.69, 9.17) is 4.74 Å². The summed E-state index contributed by atoms with van der Waals surface area (Å²) >= 11 is 0. The van der Waals surface area contributed by atoms with Crippen molar-refractivity contribution < 1.29 is 13.9 Å². The van der Waals surface area contributed by atoms with Gasteiger partial charge in [-0.2, -0.15) is 0 Å². The van der Waals surface area contributed by atoms with E-state index in [9.17, 15) is 9.18 Å². The zero-order chi connectivity index (χ0) is 14.8. The SMILES string of the molecule is C[C@H]1[C@@H](NC(C)(C)CF)CCN1C(=O)OC(C)(C)C. The van der Waals surface area contributed by atoms with E-state index < -0.39 is 17.8 Å². The van der Waals surface area contributed by atoms with Gasteiger partial charge in [-0.1, -0.05) is 0 Å². The Morgan fingerprint density at radius 3 is 2.42 bits per heavy atom. The molecule has 0 aromatic heterocycles. The lowest BCUT2D eigenvalue weighted by Crippen LogP contribution is -2.52. The molecule has 1 fully saturated rings. The highest BCUT2D eigenvalue weighted by molar-refractivity contribution is 5.69. The maximum absolute atomic E-state index is 12.9. The van der Waals surface area contributed by atoms with Crippen molar-refractivity contribution in [3.63, 3.8) is 0 Å². The van der Waals surface area contributed by atoms with Crippen molar-refractivity contribution in [1.82, 2.24) is 10.2 Å². The van der Waals surface area contributed by atoms with Crippen LogP contribution in [0.25, 0.3) is 0 Å². The molecule has 1 aliphatic heterocycles. The van der Waals surface area contributed by atoms with E-state index in [-0.39, 0.29) is 18.2 Å². The first-order valence-electron chi connectivity index (χ1n) is 6.89. The fourth-order valence-corrected chi connectivity index (χ4v) is 2.25. The molecule has 1 N–H and O–H groups in total. The van der Waals surface area contributed by atoms with E-state index >= 15 is 0 Å². The van der Waals surface area contributed by atoms with E-state index in [1.165, 1.54) is 0 Å². The van der Waals surface area contributed by atoms with Gasteiger partial charge in [0.1, 0.15) is 12.3 Å². The van der Waals surface area contributed by atoms with Crippen LogP contribution < -0.4 is 5.32 Å². The van der Waals surface area contributed by atoms with Crippen molar-refractivity contribution in [3.05, 3.63) is 0 Å². The maximum atomic E-state index is 12.9. The number of ether oxygens (including phenoxy) is 1. The third-order valence-electron chi connectivity index (χ3n) is 3.29. The van der Waals surface area contributed by atoms with Gasteiger partial charge < -0.3 is 15.0 Å². The molecule has 19 heavy (non-hydrogen) atoms. The Labute approximate surface area is 115 Å². The molecule has 1 heterocycles. The number of carbonyl (C=O) groups is 1. The number of likely N-dealkylation sites (tertiary alicyclic amines) is 1. The molecule has 1 rings (SSSR count). The first-order chi connectivity index (χ1) is 8.56. The van der Waals surface area contributed by atoms with Crippen LogP contribution in [-0.2, 0) is 4.74 Å². The summed E-state index contributed by atoms with van der Waals surface area (Å²) in [6.45, 7) is 11.4. The highest BCUT2D eigenvalue weighted by Crippen LogP contribution is 2.22. The van der Waals surface area contributed by atoms with Crippen LogP contribution in [0, 0.1) is 0 Å². The molecular formula is C14H27FN2O2. The van der Waals surface area contributed by atoms with Crippen LogP contribution in [0.3, 0.4) is 0 Å². The maximum Gasteiger partial charge on any atom is 0.410 e. The summed E-state index contributed by atoms with van der Waals surface area (Å²) in [5, 5.41) is 3.28. The third kappa shape index (κ3) is 4.64. The highest BCUT2D eigenvalue weighted by atomic mass is 19.1. The molecule has 0 spiro atoms. The predicted molar refractivity (Wildman–Crippen MR) is 74.0 cm³/mol. The molecule has 0 saturated carbocycles. The molecule has 112 valence electrons. The summed E-state index contributed by atoms with van der Waals surface area (Å²) in [7, 11) is 0. The summed E-state index contributed by atoms with van der Waals surface area (Å²) in [6, 6.07) is 0.124. The van der Waals surface area contributed by atoms with Crippen molar-refractivity contribution in [2.24, 2.45) is 0 Å². The monoisotopic (exact) mass is 274 g/mol. The normalized spacial score (nSPS) is 24.7. The fraction of sp³-hybridized carbons (Fsp3) is 0.929. The van der Waals surface area contributed by atoms with Crippen molar-refractivity contribution in [3.8, 4) is 0 Å². The molecule has 0 unspecified atom stereocenters. The average molecular weight is 274 g/mol. The summed E-state index contributed by atoms with van der Waals surface area (Å²) in [4.78, 5) is 13.8. The average Bonchev–Trinajstić information content (AvgIpc) is 2.57. The lowest BCUT2D eigenvalue weighted by Gasteiger charge is -2.32. The van der Waals surface area contributed by atoms with Gasteiger partial charge in [0, 0.05) is 24.2 Å². The molecular weight excluding hydrogens is 247 g/mol. The summed E-state index contributed by atoms with van der Waals surface area (Å²) in [5.74, 6) is 0. The minimum Gasteiger partial charge on any atom is -0.444 e. The summed E-state index contributed by atoms with van der Waals surface area (Å²) in [5.41, 5.74) is -1.04. The number of hydrogen-bond acceptors (Lipinski definition) is 3. The van der Waals surface area contributed by atoms with E-state index in [0.717, 1.165) is 6.42 Å². The van der Waals surface area contributed by atoms with Gasteiger partial charge in [-0.3, -0.25) is 0 Å². The smallest absolute Gasteiger partial charge is 0.410 e. The Balaban J connectivity index is 2.60.